The maximum atomic E-state index is 11.4. The SMILES string of the molecule is CS(=O)(=O)c1ccc(Sc2ccc(C(=N)N)c(Br)c2)cc1. The van der Waals surface area contributed by atoms with Gasteiger partial charge in [0, 0.05) is 26.1 Å². The van der Waals surface area contributed by atoms with Gasteiger partial charge in [0.15, 0.2) is 9.84 Å². The molecule has 7 heteroatoms. The van der Waals surface area contributed by atoms with Crippen LogP contribution >= 0.6 is 27.7 Å². The zero-order valence-electron chi connectivity index (χ0n) is 11.1. The lowest BCUT2D eigenvalue weighted by molar-refractivity contribution is 0.602. The fourth-order valence-corrected chi connectivity index (χ4v) is 3.90. The molecule has 0 saturated heterocycles. The third kappa shape index (κ3) is 4.09. The molecule has 2 rings (SSSR count). The Hall–Kier alpha value is -1.31. The molecule has 2 aromatic rings. The summed E-state index contributed by atoms with van der Waals surface area (Å²) in [5, 5.41) is 7.43. The fourth-order valence-electron chi connectivity index (χ4n) is 1.67. The minimum absolute atomic E-state index is 0.0101. The van der Waals surface area contributed by atoms with E-state index in [1.54, 1.807) is 30.3 Å². The minimum atomic E-state index is -3.17. The third-order valence-electron chi connectivity index (χ3n) is 2.72. The predicted octanol–water partition coefficient (Wildman–Crippen LogP) is 3.29. The largest absolute Gasteiger partial charge is 0.384 e. The summed E-state index contributed by atoms with van der Waals surface area (Å²) in [6.07, 6.45) is 1.19. The molecule has 0 spiro atoms. The molecule has 0 aromatic heterocycles. The summed E-state index contributed by atoms with van der Waals surface area (Å²) < 4.78 is 23.6. The number of sulfone groups is 1. The van der Waals surface area contributed by atoms with Crippen LogP contribution in [-0.4, -0.2) is 20.5 Å². The lowest BCUT2D eigenvalue weighted by Gasteiger charge is -2.06. The van der Waals surface area contributed by atoms with E-state index in [2.05, 4.69) is 15.9 Å². The van der Waals surface area contributed by atoms with E-state index in [0.29, 0.717) is 10.5 Å². The summed E-state index contributed by atoms with van der Waals surface area (Å²) in [6, 6.07) is 12.3. The average Bonchev–Trinajstić information content (AvgIpc) is 2.38. The number of nitrogens with two attached hydrogens (primary N) is 1. The molecule has 0 saturated carbocycles. The average molecular weight is 385 g/mol. The molecule has 110 valence electrons. The van der Waals surface area contributed by atoms with E-state index < -0.39 is 9.84 Å². The van der Waals surface area contributed by atoms with Crippen LogP contribution in [0.2, 0.25) is 0 Å². The Morgan fingerprint density at radius 1 is 1.14 bits per heavy atom. The standard InChI is InChI=1S/C14H13BrN2O2S2/c1-21(18,19)11-5-2-9(3-6-11)20-10-4-7-12(14(16)17)13(15)8-10/h2-8H,1H3,(H3,16,17). The minimum Gasteiger partial charge on any atom is -0.384 e. The van der Waals surface area contributed by atoms with Crippen molar-refractivity contribution in [3.63, 3.8) is 0 Å². The van der Waals surface area contributed by atoms with E-state index in [9.17, 15) is 8.42 Å². The molecule has 0 fully saturated rings. The van der Waals surface area contributed by atoms with Gasteiger partial charge in [-0.2, -0.15) is 0 Å². The Labute approximate surface area is 136 Å². The van der Waals surface area contributed by atoms with Crippen molar-refractivity contribution in [1.29, 1.82) is 5.41 Å². The first-order valence-electron chi connectivity index (χ1n) is 5.89. The van der Waals surface area contributed by atoms with Crippen LogP contribution in [0.1, 0.15) is 5.56 Å². The molecule has 0 radical (unpaired) electrons. The van der Waals surface area contributed by atoms with Crippen molar-refractivity contribution < 1.29 is 8.42 Å². The molecule has 0 unspecified atom stereocenters. The van der Waals surface area contributed by atoms with E-state index in [0.717, 1.165) is 14.3 Å². The van der Waals surface area contributed by atoms with Crippen molar-refractivity contribution in [3.05, 3.63) is 52.5 Å². The summed E-state index contributed by atoms with van der Waals surface area (Å²) in [7, 11) is -3.17. The van der Waals surface area contributed by atoms with Crippen molar-refractivity contribution in [2.24, 2.45) is 5.73 Å². The fraction of sp³-hybridized carbons (Fsp3) is 0.0714. The molecule has 21 heavy (non-hydrogen) atoms. The van der Waals surface area contributed by atoms with Crippen molar-refractivity contribution in [3.8, 4) is 0 Å². The monoisotopic (exact) mass is 384 g/mol. The second-order valence-corrected chi connectivity index (χ2v) is 8.42. The molecule has 0 amide bonds. The molecule has 0 heterocycles. The summed E-state index contributed by atoms with van der Waals surface area (Å²) in [5.74, 6) is 0.0101. The highest BCUT2D eigenvalue weighted by molar-refractivity contribution is 9.10. The van der Waals surface area contributed by atoms with Crippen molar-refractivity contribution in [2.45, 2.75) is 14.7 Å². The lowest BCUT2D eigenvalue weighted by Crippen LogP contribution is -2.11. The Morgan fingerprint density at radius 3 is 2.19 bits per heavy atom. The summed E-state index contributed by atoms with van der Waals surface area (Å²) in [6.45, 7) is 0. The van der Waals surface area contributed by atoms with Crippen LogP contribution in [0, 0.1) is 5.41 Å². The second-order valence-electron chi connectivity index (χ2n) is 4.40. The first-order chi connectivity index (χ1) is 9.77. The number of hydrogen-bond donors (Lipinski definition) is 2. The van der Waals surface area contributed by atoms with Crippen LogP contribution < -0.4 is 5.73 Å². The third-order valence-corrected chi connectivity index (χ3v) is 5.50. The van der Waals surface area contributed by atoms with E-state index in [4.69, 9.17) is 11.1 Å². The van der Waals surface area contributed by atoms with E-state index in [1.165, 1.54) is 18.0 Å². The molecule has 0 aliphatic carbocycles. The number of nitrogens with one attached hydrogen (secondary N) is 1. The van der Waals surface area contributed by atoms with Gasteiger partial charge in [-0.3, -0.25) is 5.41 Å². The smallest absolute Gasteiger partial charge is 0.175 e. The van der Waals surface area contributed by atoms with Crippen LogP contribution in [0.4, 0.5) is 0 Å². The summed E-state index contributed by atoms with van der Waals surface area (Å²) in [5.41, 5.74) is 6.11. The first-order valence-corrected chi connectivity index (χ1v) is 9.39. The summed E-state index contributed by atoms with van der Waals surface area (Å²) >= 11 is 4.89. The van der Waals surface area contributed by atoms with Gasteiger partial charge in [0.05, 0.1) is 4.90 Å². The Balaban J connectivity index is 2.23. The van der Waals surface area contributed by atoms with Crippen LogP contribution in [0.15, 0.2) is 61.6 Å². The number of nitrogen functional groups attached to an aromatic ring is 1. The molecule has 0 atom stereocenters. The van der Waals surface area contributed by atoms with Crippen LogP contribution in [0.5, 0.6) is 0 Å². The van der Waals surface area contributed by atoms with Gasteiger partial charge in [0.25, 0.3) is 0 Å². The highest BCUT2D eigenvalue weighted by Crippen LogP contribution is 2.31. The molecule has 2 aromatic carbocycles. The van der Waals surface area contributed by atoms with Gasteiger partial charge in [0.1, 0.15) is 5.84 Å². The maximum Gasteiger partial charge on any atom is 0.175 e. The summed E-state index contributed by atoms with van der Waals surface area (Å²) in [4.78, 5) is 2.21. The Kier molecular flexibility index (Phi) is 4.75. The molecular formula is C14H13BrN2O2S2. The van der Waals surface area contributed by atoms with Crippen LogP contribution in [-0.2, 0) is 9.84 Å². The number of halogens is 1. The highest BCUT2D eigenvalue weighted by Gasteiger charge is 2.08. The molecule has 0 aliphatic rings. The number of hydrogen-bond acceptors (Lipinski definition) is 4. The van der Waals surface area contributed by atoms with Crippen LogP contribution in [0.3, 0.4) is 0 Å². The number of benzene rings is 2. The van der Waals surface area contributed by atoms with E-state index >= 15 is 0 Å². The highest BCUT2D eigenvalue weighted by atomic mass is 79.9. The maximum absolute atomic E-state index is 11.4. The Morgan fingerprint density at radius 2 is 1.71 bits per heavy atom. The van der Waals surface area contributed by atoms with Crippen molar-refractivity contribution in [1.82, 2.24) is 0 Å². The lowest BCUT2D eigenvalue weighted by atomic mass is 10.2. The number of amidine groups is 1. The van der Waals surface area contributed by atoms with Crippen molar-refractivity contribution >= 4 is 43.4 Å². The molecule has 4 nitrogen and oxygen atoms in total. The van der Waals surface area contributed by atoms with Gasteiger partial charge in [-0.1, -0.05) is 11.8 Å². The molecule has 0 aliphatic heterocycles. The normalized spacial score (nSPS) is 11.3. The number of rotatable bonds is 4. The van der Waals surface area contributed by atoms with Gasteiger partial charge in [-0.15, -0.1) is 0 Å². The zero-order chi connectivity index (χ0) is 15.6. The van der Waals surface area contributed by atoms with Crippen molar-refractivity contribution in [2.75, 3.05) is 6.26 Å². The van der Waals surface area contributed by atoms with Gasteiger partial charge in [-0.25, -0.2) is 8.42 Å². The second kappa shape index (κ2) is 6.21. The van der Waals surface area contributed by atoms with E-state index in [1.807, 2.05) is 12.1 Å². The molecule has 3 N–H and O–H groups in total. The predicted molar refractivity (Wildman–Crippen MR) is 88.8 cm³/mol. The van der Waals surface area contributed by atoms with Gasteiger partial charge < -0.3 is 5.73 Å². The molecule has 0 bridgehead atoms. The first kappa shape index (κ1) is 16.1. The van der Waals surface area contributed by atoms with E-state index in [-0.39, 0.29) is 5.84 Å². The Bertz CT molecular complexity index is 787. The van der Waals surface area contributed by atoms with Gasteiger partial charge in [-0.05, 0) is 58.4 Å². The quantitative estimate of drug-likeness (QED) is 0.625. The molecular weight excluding hydrogens is 372 g/mol. The van der Waals surface area contributed by atoms with Gasteiger partial charge >= 0.3 is 0 Å². The van der Waals surface area contributed by atoms with Crippen LogP contribution in [0.25, 0.3) is 0 Å². The van der Waals surface area contributed by atoms with Gasteiger partial charge in [0.2, 0.25) is 0 Å². The zero-order valence-corrected chi connectivity index (χ0v) is 14.3. The topological polar surface area (TPSA) is 84.0 Å².